The topological polar surface area (TPSA) is 29.1 Å². The average molecular weight is 361 g/mol. The number of carbonyl (C=O) groups is 1. The summed E-state index contributed by atoms with van der Waals surface area (Å²) in [4.78, 5) is 12.5. The van der Waals surface area contributed by atoms with Gasteiger partial charge in [0.1, 0.15) is 0 Å². The molecule has 0 aliphatic heterocycles. The van der Waals surface area contributed by atoms with Gasteiger partial charge >= 0.3 is 6.18 Å². The Kier molecular flexibility index (Phi) is 4.37. The van der Waals surface area contributed by atoms with Crippen LogP contribution in [0.3, 0.4) is 0 Å². The number of carbonyl (C=O) groups excluding carboxylic acids is 1. The molecule has 0 unspecified atom stereocenters. The first kappa shape index (κ1) is 18.5. The van der Waals surface area contributed by atoms with E-state index in [0.29, 0.717) is 11.1 Å². The van der Waals surface area contributed by atoms with E-state index in [-0.39, 0.29) is 11.3 Å². The minimum atomic E-state index is -4.37. The zero-order chi connectivity index (χ0) is 19.2. The molecule has 0 saturated heterocycles. The van der Waals surface area contributed by atoms with E-state index in [1.165, 1.54) is 30.5 Å². The minimum absolute atomic E-state index is 0.245. The molecule has 1 aliphatic rings. The Morgan fingerprint density at radius 3 is 1.88 bits per heavy atom. The van der Waals surface area contributed by atoms with Crippen LogP contribution >= 0.6 is 0 Å². The van der Waals surface area contributed by atoms with Crippen molar-refractivity contribution in [3.05, 3.63) is 70.8 Å². The number of hydrogen-bond donors (Lipinski definition) is 1. The molecule has 0 atom stereocenters. The Morgan fingerprint density at radius 1 is 0.923 bits per heavy atom. The van der Waals surface area contributed by atoms with Gasteiger partial charge in [-0.2, -0.15) is 13.2 Å². The lowest BCUT2D eigenvalue weighted by atomic mass is 9.92. The molecule has 5 heteroatoms. The van der Waals surface area contributed by atoms with Crippen molar-refractivity contribution in [3.63, 3.8) is 0 Å². The minimum Gasteiger partial charge on any atom is -0.343 e. The lowest BCUT2D eigenvalue weighted by molar-refractivity contribution is -0.137. The van der Waals surface area contributed by atoms with Gasteiger partial charge in [-0.25, -0.2) is 0 Å². The molecule has 2 nitrogen and oxygen atoms in total. The van der Waals surface area contributed by atoms with Gasteiger partial charge in [0.2, 0.25) is 0 Å². The Balaban J connectivity index is 1.73. The Labute approximate surface area is 151 Å². The van der Waals surface area contributed by atoms with Crippen molar-refractivity contribution >= 4 is 5.91 Å². The van der Waals surface area contributed by atoms with E-state index in [1.807, 2.05) is 12.1 Å². The van der Waals surface area contributed by atoms with Crippen LogP contribution in [-0.4, -0.2) is 5.91 Å². The zero-order valence-electron chi connectivity index (χ0n) is 15.1. The first-order valence-electron chi connectivity index (χ1n) is 8.62. The van der Waals surface area contributed by atoms with E-state index in [1.54, 1.807) is 26.0 Å². The van der Waals surface area contributed by atoms with Crippen LogP contribution in [0.1, 0.15) is 60.7 Å². The number of benzene rings is 2. The molecular weight excluding hydrogens is 339 g/mol. The Bertz CT molecular complexity index is 801. The van der Waals surface area contributed by atoms with Gasteiger partial charge in [0.15, 0.2) is 0 Å². The molecule has 0 aromatic heterocycles. The van der Waals surface area contributed by atoms with Crippen LogP contribution in [0.15, 0.2) is 48.5 Å². The molecule has 0 spiro atoms. The molecule has 0 radical (unpaired) electrons. The number of halogens is 3. The third kappa shape index (κ3) is 3.76. The van der Waals surface area contributed by atoms with Crippen LogP contribution in [0, 0.1) is 0 Å². The maximum absolute atomic E-state index is 12.7. The molecule has 2 aromatic carbocycles. The fourth-order valence-corrected chi connectivity index (χ4v) is 3.00. The van der Waals surface area contributed by atoms with Gasteiger partial charge in [0, 0.05) is 5.56 Å². The molecule has 1 amide bonds. The van der Waals surface area contributed by atoms with E-state index in [9.17, 15) is 18.0 Å². The van der Waals surface area contributed by atoms with Crippen LogP contribution < -0.4 is 5.32 Å². The van der Waals surface area contributed by atoms with Gasteiger partial charge in [0.05, 0.1) is 11.1 Å². The number of rotatable bonds is 4. The third-order valence-corrected chi connectivity index (χ3v) is 5.20. The van der Waals surface area contributed by atoms with E-state index in [4.69, 9.17) is 0 Å². The van der Waals surface area contributed by atoms with Crippen molar-refractivity contribution in [2.45, 2.75) is 50.7 Å². The standard InChI is InChI=1S/C21H22F3NO/c1-19(2,15-8-10-17(11-9-15)21(22,23)24)25-18(26)14-4-6-16(7-5-14)20(3)12-13-20/h4-11H,12-13H2,1-3H3,(H,25,26). The van der Waals surface area contributed by atoms with Gasteiger partial charge in [-0.05, 0) is 67.5 Å². The van der Waals surface area contributed by atoms with Crippen LogP contribution in [0.2, 0.25) is 0 Å². The molecule has 3 rings (SSSR count). The van der Waals surface area contributed by atoms with E-state index in [0.717, 1.165) is 12.1 Å². The number of alkyl halides is 3. The molecule has 1 aliphatic carbocycles. The largest absolute Gasteiger partial charge is 0.416 e. The molecule has 1 fully saturated rings. The van der Waals surface area contributed by atoms with Crippen LogP contribution in [0.25, 0.3) is 0 Å². The predicted octanol–water partition coefficient (Wildman–Crippen LogP) is 5.42. The molecule has 0 heterocycles. The molecule has 26 heavy (non-hydrogen) atoms. The zero-order valence-corrected chi connectivity index (χ0v) is 15.1. The van der Waals surface area contributed by atoms with E-state index >= 15 is 0 Å². The summed E-state index contributed by atoms with van der Waals surface area (Å²) in [7, 11) is 0. The molecule has 2 aromatic rings. The molecule has 138 valence electrons. The first-order chi connectivity index (χ1) is 12.0. The summed E-state index contributed by atoms with van der Waals surface area (Å²) in [5, 5.41) is 2.90. The maximum Gasteiger partial charge on any atom is 0.416 e. The highest BCUT2D eigenvalue weighted by molar-refractivity contribution is 5.94. The van der Waals surface area contributed by atoms with E-state index < -0.39 is 17.3 Å². The normalized spacial score (nSPS) is 16.2. The predicted molar refractivity (Wildman–Crippen MR) is 95.0 cm³/mol. The van der Waals surface area contributed by atoms with Gasteiger partial charge in [-0.3, -0.25) is 4.79 Å². The van der Waals surface area contributed by atoms with Gasteiger partial charge in [-0.1, -0.05) is 31.2 Å². The van der Waals surface area contributed by atoms with Crippen molar-refractivity contribution < 1.29 is 18.0 Å². The first-order valence-corrected chi connectivity index (χ1v) is 8.62. The fourth-order valence-electron chi connectivity index (χ4n) is 3.00. The van der Waals surface area contributed by atoms with Gasteiger partial charge in [-0.15, -0.1) is 0 Å². The van der Waals surface area contributed by atoms with Crippen molar-refractivity contribution in [2.75, 3.05) is 0 Å². The van der Waals surface area contributed by atoms with E-state index in [2.05, 4.69) is 12.2 Å². The fraction of sp³-hybridized carbons (Fsp3) is 0.381. The highest BCUT2D eigenvalue weighted by Gasteiger charge is 2.38. The van der Waals surface area contributed by atoms with Crippen LogP contribution in [0.5, 0.6) is 0 Å². The lowest BCUT2D eigenvalue weighted by Crippen LogP contribution is -2.41. The number of nitrogens with one attached hydrogen (secondary N) is 1. The summed E-state index contributed by atoms with van der Waals surface area (Å²) < 4.78 is 38.1. The molecular formula is C21H22F3NO. The van der Waals surface area contributed by atoms with Crippen LogP contribution in [-0.2, 0) is 17.1 Å². The van der Waals surface area contributed by atoms with Crippen molar-refractivity contribution in [2.24, 2.45) is 0 Å². The second-order valence-electron chi connectivity index (χ2n) is 7.79. The smallest absolute Gasteiger partial charge is 0.343 e. The summed E-state index contributed by atoms with van der Waals surface area (Å²) in [5.41, 5.74) is 1.14. The summed E-state index contributed by atoms with van der Waals surface area (Å²) in [6, 6.07) is 12.4. The Morgan fingerprint density at radius 2 is 1.42 bits per heavy atom. The SMILES string of the molecule is CC1(c2ccc(C(=O)NC(C)(C)c3ccc(C(F)(F)F)cc3)cc2)CC1. The monoisotopic (exact) mass is 361 g/mol. The highest BCUT2D eigenvalue weighted by atomic mass is 19.4. The molecule has 1 N–H and O–H groups in total. The second-order valence-corrected chi connectivity index (χ2v) is 7.79. The van der Waals surface area contributed by atoms with Gasteiger partial charge < -0.3 is 5.32 Å². The summed E-state index contributed by atoms with van der Waals surface area (Å²) in [6.07, 6.45) is -2.04. The average Bonchev–Trinajstić information content (AvgIpc) is 3.33. The van der Waals surface area contributed by atoms with Gasteiger partial charge in [0.25, 0.3) is 5.91 Å². The number of amides is 1. The summed E-state index contributed by atoms with van der Waals surface area (Å²) >= 11 is 0. The highest BCUT2D eigenvalue weighted by Crippen LogP contribution is 2.47. The molecule has 1 saturated carbocycles. The van der Waals surface area contributed by atoms with Crippen molar-refractivity contribution in [1.82, 2.24) is 5.32 Å². The number of hydrogen-bond acceptors (Lipinski definition) is 1. The lowest BCUT2D eigenvalue weighted by Gasteiger charge is -2.27. The third-order valence-electron chi connectivity index (χ3n) is 5.20. The quantitative estimate of drug-likeness (QED) is 0.774. The summed E-state index contributed by atoms with van der Waals surface area (Å²) in [6.45, 7) is 5.75. The maximum atomic E-state index is 12.7. The summed E-state index contributed by atoms with van der Waals surface area (Å²) in [5.74, 6) is -0.248. The van der Waals surface area contributed by atoms with Crippen molar-refractivity contribution in [3.8, 4) is 0 Å². The molecule has 0 bridgehead atoms. The van der Waals surface area contributed by atoms with Crippen molar-refractivity contribution in [1.29, 1.82) is 0 Å². The second kappa shape index (κ2) is 6.15. The van der Waals surface area contributed by atoms with Crippen LogP contribution in [0.4, 0.5) is 13.2 Å². The Hall–Kier alpha value is -2.30.